The zero-order valence-corrected chi connectivity index (χ0v) is 17.3. The Balaban J connectivity index is 1.13. The van der Waals surface area contributed by atoms with Crippen molar-refractivity contribution in [3.05, 3.63) is 36.7 Å². The molecule has 2 N–H and O–H groups in total. The maximum atomic E-state index is 13.1. The van der Waals surface area contributed by atoms with Crippen LogP contribution >= 0.6 is 0 Å². The average Bonchev–Trinajstić information content (AvgIpc) is 3.45. The Kier molecular flexibility index (Phi) is 4.97. The van der Waals surface area contributed by atoms with E-state index in [1.54, 1.807) is 0 Å². The summed E-state index contributed by atoms with van der Waals surface area (Å²) in [6.07, 6.45) is 8.06. The summed E-state index contributed by atoms with van der Waals surface area (Å²) in [5, 5.41) is 9.83. The number of aromatic amines is 1. The lowest BCUT2D eigenvalue weighted by Gasteiger charge is -2.41. The number of carbonyl (C=O) groups excluding carboxylic acids is 2. The maximum Gasteiger partial charge on any atom is 0.225 e. The fourth-order valence-electron chi connectivity index (χ4n) is 5.22. The van der Waals surface area contributed by atoms with Crippen LogP contribution in [0, 0.1) is 11.3 Å². The summed E-state index contributed by atoms with van der Waals surface area (Å²) in [4.78, 5) is 29.1. The highest BCUT2D eigenvalue weighted by molar-refractivity contribution is 5.80. The molecule has 3 aliphatic heterocycles. The van der Waals surface area contributed by atoms with Crippen LogP contribution in [0.1, 0.15) is 32.1 Å². The van der Waals surface area contributed by atoms with Gasteiger partial charge in [0.1, 0.15) is 0 Å². The first-order valence-electron chi connectivity index (χ1n) is 11.0. The van der Waals surface area contributed by atoms with Crippen LogP contribution in [-0.2, 0) is 9.59 Å². The summed E-state index contributed by atoms with van der Waals surface area (Å²) >= 11 is 0. The fraction of sp³-hybridized carbons (Fsp3) is 0.522. The smallest absolute Gasteiger partial charge is 0.225 e. The van der Waals surface area contributed by atoms with Crippen LogP contribution in [0.3, 0.4) is 0 Å². The first-order valence-corrected chi connectivity index (χ1v) is 11.0. The van der Waals surface area contributed by atoms with Crippen molar-refractivity contribution in [2.24, 2.45) is 11.3 Å². The summed E-state index contributed by atoms with van der Waals surface area (Å²) < 4.78 is 0. The van der Waals surface area contributed by atoms with Crippen LogP contribution in [0.5, 0.6) is 0 Å². The molecule has 3 saturated heterocycles. The minimum Gasteiger partial charge on any atom is -0.371 e. The van der Waals surface area contributed by atoms with E-state index < -0.39 is 0 Å². The number of H-pyrrole nitrogens is 1. The molecule has 3 fully saturated rings. The summed E-state index contributed by atoms with van der Waals surface area (Å²) in [5.74, 6) is 0.612. The van der Waals surface area contributed by atoms with Gasteiger partial charge < -0.3 is 15.1 Å². The van der Waals surface area contributed by atoms with Crippen molar-refractivity contribution in [3.8, 4) is 11.1 Å². The van der Waals surface area contributed by atoms with E-state index in [-0.39, 0.29) is 17.2 Å². The standard InChI is InChI=1S/C23H29N5O2/c29-21-13-23(16-24-21)7-11-28(12-8-23)22(30)18-5-9-27(10-6-18)20-3-1-17(2-4-20)19-14-25-26-15-19/h1-4,14-15,18H,5-13,16H2,(H,24,29)(H,25,26). The summed E-state index contributed by atoms with van der Waals surface area (Å²) in [6.45, 7) is 4.20. The van der Waals surface area contributed by atoms with Gasteiger partial charge in [-0.3, -0.25) is 14.7 Å². The lowest BCUT2D eigenvalue weighted by atomic mass is 9.77. The van der Waals surface area contributed by atoms with Gasteiger partial charge >= 0.3 is 0 Å². The van der Waals surface area contributed by atoms with Crippen molar-refractivity contribution < 1.29 is 9.59 Å². The minimum absolute atomic E-state index is 0.0971. The third-order valence-corrected chi connectivity index (χ3v) is 7.24. The van der Waals surface area contributed by atoms with Gasteiger partial charge in [-0.2, -0.15) is 5.10 Å². The number of benzene rings is 1. The number of carbonyl (C=O) groups is 2. The molecule has 4 heterocycles. The number of likely N-dealkylation sites (tertiary alicyclic amines) is 1. The first kappa shape index (κ1) is 19.2. The molecule has 30 heavy (non-hydrogen) atoms. The fourth-order valence-corrected chi connectivity index (χ4v) is 5.22. The number of amides is 2. The summed E-state index contributed by atoms with van der Waals surface area (Å²) in [7, 11) is 0. The molecule has 5 rings (SSSR count). The van der Waals surface area contributed by atoms with Gasteiger partial charge in [-0.15, -0.1) is 0 Å². The third-order valence-electron chi connectivity index (χ3n) is 7.24. The monoisotopic (exact) mass is 407 g/mol. The van der Waals surface area contributed by atoms with E-state index in [4.69, 9.17) is 0 Å². The lowest BCUT2D eigenvalue weighted by Crippen LogP contribution is -2.48. The SMILES string of the molecule is O=C1CC2(CCN(C(=O)C3CCN(c4ccc(-c5cn[nH]c5)cc4)CC3)CC2)CN1. The van der Waals surface area contributed by atoms with E-state index in [0.29, 0.717) is 12.3 Å². The van der Waals surface area contributed by atoms with Crippen LogP contribution in [0.25, 0.3) is 11.1 Å². The van der Waals surface area contributed by atoms with Crippen molar-refractivity contribution >= 4 is 17.5 Å². The molecule has 7 nitrogen and oxygen atoms in total. The van der Waals surface area contributed by atoms with Gasteiger partial charge in [0.15, 0.2) is 0 Å². The van der Waals surface area contributed by atoms with Crippen molar-refractivity contribution in [1.29, 1.82) is 0 Å². The Morgan fingerprint density at radius 2 is 1.77 bits per heavy atom. The second-order valence-corrected chi connectivity index (χ2v) is 9.07. The van der Waals surface area contributed by atoms with Crippen LogP contribution in [-0.4, -0.2) is 59.6 Å². The predicted molar refractivity (Wildman–Crippen MR) is 115 cm³/mol. The number of rotatable bonds is 3. The van der Waals surface area contributed by atoms with Crippen LogP contribution in [0.15, 0.2) is 36.7 Å². The highest BCUT2D eigenvalue weighted by Crippen LogP contribution is 2.38. The largest absolute Gasteiger partial charge is 0.371 e. The van der Waals surface area contributed by atoms with Crippen LogP contribution < -0.4 is 10.2 Å². The Hall–Kier alpha value is -2.83. The zero-order valence-electron chi connectivity index (χ0n) is 17.3. The molecule has 2 aromatic rings. The highest BCUT2D eigenvalue weighted by atomic mass is 16.2. The van der Waals surface area contributed by atoms with Crippen molar-refractivity contribution in [2.75, 3.05) is 37.6 Å². The number of anilines is 1. The third kappa shape index (κ3) is 3.68. The quantitative estimate of drug-likeness (QED) is 0.819. The summed E-state index contributed by atoms with van der Waals surface area (Å²) in [6, 6.07) is 8.57. The van der Waals surface area contributed by atoms with Gasteiger partial charge in [0.05, 0.1) is 6.20 Å². The van der Waals surface area contributed by atoms with E-state index >= 15 is 0 Å². The molecule has 1 spiro atoms. The maximum absolute atomic E-state index is 13.1. The summed E-state index contributed by atoms with van der Waals surface area (Å²) in [5.41, 5.74) is 3.55. The molecule has 0 atom stereocenters. The molecule has 2 amide bonds. The van der Waals surface area contributed by atoms with Crippen molar-refractivity contribution in [1.82, 2.24) is 20.4 Å². The molecule has 1 aromatic heterocycles. The number of piperidine rings is 2. The zero-order chi connectivity index (χ0) is 20.6. The molecule has 0 saturated carbocycles. The Labute approximate surface area is 176 Å². The predicted octanol–water partition coefficient (Wildman–Crippen LogP) is 2.42. The van der Waals surface area contributed by atoms with E-state index in [1.807, 2.05) is 17.3 Å². The molecule has 1 aromatic carbocycles. The number of nitrogens with one attached hydrogen (secondary N) is 2. The molecule has 3 aliphatic rings. The lowest BCUT2D eigenvalue weighted by molar-refractivity contribution is -0.138. The number of hydrogen-bond acceptors (Lipinski definition) is 4. The molecule has 0 aliphatic carbocycles. The molecule has 0 unspecified atom stereocenters. The van der Waals surface area contributed by atoms with Gasteiger partial charge in [0, 0.05) is 62.5 Å². The molecule has 158 valence electrons. The topological polar surface area (TPSA) is 81.3 Å². The molecule has 0 bridgehead atoms. The van der Waals surface area contributed by atoms with E-state index in [9.17, 15) is 9.59 Å². The Morgan fingerprint density at radius 3 is 2.37 bits per heavy atom. The van der Waals surface area contributed by atoms with Crippen molar-refractivity contribution in [2.45, 2.75) is 32.1 Å². The second kappa shape index (κ2) is 7.78. The Morgan fingerprint density at radius 1 is 1.03 bits per heavy atom. The van der Waals surface area contributed by atoms with Crippen molar-refractivity contribution in [3.63, 3.8) is 0 Å². The van der Waals surface area contributed by atoms with Gasteiger partial charge in [-0.25, -0.2) is 0 Å². The average molecular weight is 408 g/mol. The highest BCUT2D eigenvalue weighted by Gasteiger charge is 2.42. The first-order chi connectivity index (χ1) is 14.6. The van der Waals surface area contributed by atoms with Gasteiger partial charge in [0.2, 0.25) is 11.8 Å². The number of aromatic nitrogens is 2. The van der Waals surface area contributed by atoms with Gasteiger partial charge in [-0.05, 0) is 48.8 Å². The molecule has 0 radical (unpaired) electrons. The van der Waals surface area contributed by atoms with E-state index in [1.165, 1.54) is 5.69 Å². The van der Waals surface area contributed by atoms with Gasteiger partial charge in [0.25, 0.3) is 0 Å². The second-order valence-electron chi connectivity index (χ2n) is 9.07. The normalized spacial score (nSPS) is 21.8. The van der Waals surface area contributed by atoms with E-state index in [0.717, 1.165) is 69.5 Å². The Bertz CT molecular complexity index is 892. The van der Waals surface area contributed by atoms with Gasteiger partial charge in [-0.1, -0.05) is 12.1 Å². The number of hydrogen-bond donors (Lipinski definition) is 2. The van der Waals surface area contributed by atoms with Crippen LogP contribution in [0.4, 0.5) is 5.69 Å². The molecular formula is C23H29N5O2. The minimum atomic E-state index is 0.0971. The molecule has 7 heteroatoms. The van der Waals surface area contributed by atoms with Crippen LogP contribution in [0.2, 0.25) is 0 Å². The molecular weight excluding hydrogens is 378 g/mol. The van der Waals surface area contributed by atoms with E-state index in [2.05, 4.69) is 44.7 Å². The number of nitrogens with zero attached hydrogens (tertiary/aromatic N) is 3.